The van der Waals surface area contributed by atoms with Crippen LogP contribution in [0.1, 0.15) is 28.6 Å². The lowest BCUT2D eigenvalue weighted by Crippen LogP contribution is -2.33. The highest BCUT2D eigenvalue weighted by Gasteiger charge is 2.44. The van der Waals surface area contributed by atoms with Gasteiger partial charge in [0.1, 0.15) is 5.60 Å². The van der Waals surface area contributed by atoms with Crippen molar-refractivity contribution in [2.75, 3.05) is 6.61 Å². The van der Waals surface area contributed by atoms with E-state index in [1.54, 1.807) is 12.3 Å². The van der Waals surface area contributed by atoms with Gasteiger partial charge in [0, 0.05) is 6.42 Å². The fourth-order valence-corrected chi connectivity index (χ4v) is 2.94. The number of aliphatic hydroxyl groups is 1. The molecule has 1 aromatic heterocycles. The molecule has 0 aromatic carbocycles. The van der Waals surface area contributed by atoms with Gasteiger partial charge in [0.2, 0.25) is 0 Å². The van der Waals surface area contributed by atoms with Crippen LogP contribution >= 0.6 is 11.3 Å². The van der Waals surface area contributed by atoms with Crippen molar-refractivity contribution >= 4 is 17.3 Å². The summed E-state index contributed by atoms with van der Waals surface area (Å²) in [6.45, 7) is 2.23. The first-order valence-corrected chi connectivity index (χ1v) is 5.59. The lowest BCUT2D eigenvalue weighted by atomic mass is 9.92. The number of hydrogen-bond acceptors (Lipinski definition) is 4. The smallest absolute Gasteiger partial charge is 0.336 e. The predicted molar refractivity (Wildman–Crippen MR) is 55.2 cm³/mol. The Morgan fingerprint density at radius 3 is 3.00 bits per heavy atom. The average Bonchev–Trinajstić information content (AvgIpc) is 2.75. The third-order valence-electron chi connectivity index (χ3n) is 2.81. The molecule has 0 bridgehead atoms. The summed E-state index contributed by atoms with van der Waals surface area (Å²) in [5, 5.41) is 21.0. The fraction of sp³-hybridized carbons (Fsp3) is 0.500. The molecule has 1 aromatic rings. The van der Waals surface area contributed by atoms with E-state index in [0.717, 1.165) is 0 Å². The van der Waals surface area contributed by atoms with E-state index in [-0.39, 0.29) is 11.7 Å². The molecule has 1 saturated heterocycles. The van der Waals surface area contributed by atoms with E-state index in [1.165, 1.54) is 17.4 Å². The van der Waals surface area contributed by atoms with Gasteiger partial charge in [-0.1, -0.05) is 0 Å². The van der Waals surface area contributed by atoms with Crippen LogP contribution in [0.25, 0.3) is 0 Å². The Kier molecular flexibility index (Phi) is 2.54. The molecule has 0 amide bonds. The zero-order valence-electron chi connectivity index (χ0n) is 8.27. The van der Waals surface area contributed by atoms with E-state index in [1.807, 2.05) is 0 Å². The van der Waals surface area contributed by atoms with E-state index in [0.29, 0.717) is 17.9 Å². The zero-order chi connectivity index (χ0) is 11.1. The molecule has 0 aliphatic carbocycles. The third-order valence-corrected chi connectivity index (χ3v) is 3.89. The van der Waals surface area contributed by atoms with Gasteiger partial charge in [-0.25, -0.2) is 4.79 Å². The predicted octanol–water partition coefficient (Wildman–Crippen LogP) is 1.44. The summed E-state index contributed by atoms with van der Waals surface area (Å²) in [4.78, 5) is 11.4. The molecule has 4 nitrogen and oxygen atoms in total. The van der Waals surface area contributed by atoms with Crippen molar-refractivity contribution < 1.29 is 19.7 Å². The molecule has 0 spiro atoms. The molecule has 2 N–H and O–H groups in total. The molecule has 2 atom stereocenters. The standard InChI is InChI=1S/C10H12O4S/c1-6-10(13,3-4-14-6)8-7(9(11)12)2-5-15-8/h2,5-6,13H,3-4H2,1H3,(H,11,12). The van der Waals surface area contributed by atoms with Crippen LogP contribution < -0.4 is 0 Å². The Morgan fingerprint density at radius 2 is 2.47 bits per heavy atom. The lowest BCUT2D eigenvalue weighted by Gasteiger charge is -2.25. The van der Waals surface area contributed by atoms with Gasteiger partial charge in [-0.2, -0.15) is 0 Å². The molecule has 2 rings (SSSR count). The second kappa shape index (κ2) is 3.59. The molecular weight excluding hydrogens is 216 g/mol. The summed E-state index contributed by atoms with van der Waals surface area (Å²) in [7, 11) is 0. The van der Waals surface area contributed by atoms with Gasteiger partial charge in [-0.3, -0.25) is 0 Å². The molecule has 0 saturated carbocycles. The first-order valence-electron chi connectivity index (χ1n) is 4.71. The average molecular weight is 228 g/mol. The van der Waals surface area contributed by atoms with Crippen molar-refractivity contribution in [1.82, 2.24) is 0 Å². The van der Waals surface area contributed by atoms with Gasteiger partial charge in [-0.15, -0.1) is 11.3 Å². The summed E-state index contributed by atoms with van der Waals surface area (Å²) < 4.78 is 5.29. The van der Waals surface area contributed by atoms with Crippen LogP contribution in [0, 0.1) is 0 Å². The number of ether oxygens (including phenoxy) is 1. The Hall–Kier alpha value is -0.910. The monoisotopic (exact) mass is 228 g/mol. The molecule has 82 valence electrons. The molecule has 15 heavy (non-hydrogen) atoms. The van der Waals surface area contributed by atoms with Crippen LogP contribution in [0.15, 0.2) is 11.4 Å². The SMILES string of the molecule is CC1OCCC1(O)c1sccc1C(=O)O. The van der Waals surface area contributed by atoms with E-state index >= 15 is 0 Å². The van der Waals surface area contributed by atoms with Crippen LogP contribution in [0.4, 0.5) is 0 Å². The first-order chi connectivity index (χ1) is 7.05. The van der Waals surface area contributed by atoms with Gasteiger partial charge in [0.05, 0.1) is 23.2 Å². The lowest BCUT2D eigenvalue weighted by molar-refractivity contribution is -0.0297. The van der Waals surface area contributed by atoms with Gasteiger partial charge in [0.25, 0.3) is 0 Å². The van der Waals surface area contributed by atoms with Crippen molar-refractivity contribution in [3.8, 4) is 0 Å². The fourth-order valence-electron chi connectivity index (χ4n) is 1.84. The minimum atomic E-state index is -1.14. The maximum atomic E-state index is 10.9. The highest BCUT2D eigenvalue weighted by atomic mass is 32.1. The number of hydrogen-bond donors (Lipinski definition) is 2. The molecule has 1 aliphatic rings. The van der Waals surface area contributed by atoms with Crippen LogP contribution in [0.2, 0.25) is 0 Å². The first kappa shape index (κ1) is 10.6. The third kappa shape index (κ3) is 1.56. The highest BCUT2D eigenvalue weighted by molar-refractivity contribution is 7.10. The molecule has 2 unspecified atom stereocenters. The van der Waals surface area contributed by atoms with E-state index in [2.05, 4.69) is 0 Å². The normalized spacial score (nSPS) is 30.7. The highest BCUT2D eigenvalue weighted by Crippen LogP contribution is 2.40. The second-order valence-electron chi connectivity index (χ2n) is 3.66. The van der Waals surface area contributed by atoms with Gasteiger partial charge < -0.3 is 14.9 Å². The molecule has 2 heterocycles. The van der Waals surface area contributed by atoms with Gasteiger partial charge >= 0.3 is 5.97 Å². The summed E-state index contributed by atoms with van der Waals surface area (Å²) in [6, 6.07) is 1.52. The summed E-state index contributed by atoms with van der Waals surface area (Å²) in [6.07, 6.45) is 0.101. The molecule has 1 fully saturated rings. The Labute approximate surface area is 91.1 Å². The van der Waals surface area contributed by atoms with Gasteiger partial charge in [-0.05, 0) is 18.4 Å². The maximum Gasteiger partial charge on any atom is 0.336 e. The quantitative estimate of drug-likeness (QED) is 0.803. The van der Waals surface area contributed by atoms with E-state index in [9.17, 15) is 9.90 Å². The van der Waals surface area contributed by atoms with Crippen molar-refractivity contribution in [1.29, 1.82) is 0 Å². The molecular formula is C10H12O4S. The van der Waals surface area contributed by atoms with E-state index < -0.39 is 11.6 Å². The number of carboxylic acids is 1. The maximum absolute atomic E-state index is 10.9. The molecule has 1 aliphatic heterocycles. The van der Waals surface area contributed by atoms with Crippen LogP contribution in [0.5, 0.6) is 0 Å². The number of thiophene rings is 1. The summed E-state index contributed by atoms with van der Waals surface area (Å²) in [5.41, 5.74) is -0.957. The number of carbonyl (C=O) groups is 1. The summed E-state index contributed by atoms with van der Waals surface area (Å²) in [5.74, 6) is -1.00. The Bertz CT molecular complexity index is 387. The molecule has 0 radical (unpaired) electrons. The van der Waals surface area contributed by atoms with Crippen LogP contribution in [-0.4, -0.2) is 28.9 Å². The summed E-state index contributed by atoms with van der Waals surface area (Å²) >= 11 is 1.27. The number of carboxylic acid groups (broad SMARTS) is 1. The van der Waals surface area contributed by atoms with Crippen LogP contribution in [-0.2, 0) is 10.3 Å². The van der Waals surface area contributed by atoms with Crippen molar-refractivity contribution in [2.24, 2.45) is 0 Å². The minimum absolute atomic E-state index is 0.180. The van der Waals surface area contributed by atoms with Crippen molar-refractivity contribution in [2.45, 2.75) is 25.0 Å². The number of aromatic carboxylic acids is 1. The Balaban J connectivity index is 2.44. The topological polar surface area (TPSA) is 66.8 Å². The largest absolute Gasteiger partial charge is 0.478 e. The number of rotatable bonds is 2. The molecule has 5 heteroatoms. The Morgan fingerprint density at radius 1 is 1.73 bits per heavy atom. The van der Waals surface area contributed by atoms with Crippen molar-refractivity contribution in [3.05, 3.63) is 21.9 Å². The zero-order valence-corrected chi connectivity index (χ0v) is 9.08. The minimum Gasteiger partial charge on any atom is -0.478 e. The van der Waals surface area contributed by atoms with E-state index in [4.69, 9.17) is 9.84 Å². The second-order valence-corrected chi connectivity index (χ2v) is 4.57. The van der Waals surface area contributed by atoms with Crippen molar-refractivity contribution in [3.63, 3.8) is 0 Å². The van der Waals surface area contributed by atoms with Gasteiger partial charge in [0.15, 0.2) is 0 Å². The van der Waals surface area contributed by atoms with Crippen LogP contribution in [0.3, 0.4) is 0 Å².